The Bertz CT molecular complexity index is 1070. The zero-order valence-corrected chi connectivity index (χ0v) is 14.8. The second kappa shape index (κ2) is 6.40. The Kier molecular flexibility index (Phi) is 3.75. The van der Waals surface area contributed by atoms with Crippen molar-refractivity contribution in [1.82, 2.24) is 35.2 Å². The highest BCUT2D eigenvalue weighted by atomic mass is 32.1. The molecule has 0 saturated carbocycles. The number of hydrogen-bond acceptors (Lipinski definition) is 8. The first kappa shape index (κ1) is 15.8. The predicted molar refractivity (Wildman–Crippen MR) is 95.9 cm³/mol. The molecule has 9 nitrogen and oxygen atoms in total. The standard InChI is InChI=1S/C17H13N7O2S/c25-17(12-6-11(21-22-12)14-2-1-5-27-14)24-8-10(9-24)16-20-15(23-26-16)13-7-18-3-4-19-13/h1-7,10H,8-9H2,(H,21,22). The number of rotatable bonds is 4. The Balaban J connectivity index is 1.24. The number of amides is 1. The monoisotopic (exact) mass is 379 g/mol. The normalized spacial score (nSPS) is 14.3. The highest BCUT2D eigenvalue weighted by Gasteiger charge is 2.37. The van der Waals surface area contributed by atoms with Gasteiger partial charge in [-0.15, -0.1) is 11.3 Å². The maximum Gasteiger partial charge on any atom is 0.274 e. The molecule has 4 aromatic rings. The third kappa shape index (κ3) is 2.89. The van der Waals surface area contributed by atoms with E-state index in [4.69, 9.17) is 4.52 Å². The average Bonchev–Trinajstić information content (AvgIpc) is 3.41. The summed E-state index contributed by atoms with van der Waals surface area (Å²) in [5.41, 5.74) is 1.80. The summed E-state index contributed by atoms with van der Waals surface area (Å²) in [5.74, 6) is 0.804. The lowest BCUT2D eigenvalue weighted by atomic mass is 9.99. The van der Waals surface area contributed by atoms with Crippen LogP contribution in [0.15, 0.2) is 46.7 Å². The van der Waals surface area contributed by atoms with Crippen molar-refractivity contribution in [2.75, 3.05) is 13.1 Å². The Labute approximate surface area is 157 Å². The van der Waals surface area contributed by atoms with Gasteiger partial charge >= 0.3 is 0 Å². The van der Waals surface area contributed by atoms with E-state index in [0.717, 1.165) is 10.6 Å². The van der Waals surface area contributed by atoms with Gasteiger partial charge in [0.05, 0.1) is 22.7 Å². The lowest BCUT2D eigenvalue weighted by molar-refractivity contribution is 0.0563. The molecule has 1 N–H and O–H groups in total. The van der Waals surface area contributed by atoms with Gasteiger partial charge < -0.3 is 9.42 Å². The summed E-state index contributed by atoms with van der Waals surface area (Å²) in [7, 11) is 0. The minimum Gasteiger partial charge on any atom is -0.338 e. The lowest BCUT2D eigenvalue weighted by Gasteiger charge is -2.36. The van der Waals surface area contributed by atoms with E-state index >= 15 is 0 Å². The molecule has 0 aliphatic carbocycles. The van der Waals surface area contributed by atoms with Crippen molar-refractivity contribution >= 4 is 17.2 Å². The summed E-state index contributed by atoms with van der Waals surface area (Å²) in [6.45, 7) is 1.03. The highest BCUT2D eigenvalue weighted by molar-refractivity contribution is 7.13. The van der Waals surface area contributed by atoms with Gasteiger partial charge in [-0.1, -0.05) is 11.2 Å². The molecule has 10 heteroatoms. The van der Waals surface area contributed by atoms with E-state index in [2.05, 4.69) is 30.3 Å². The molecule has 0 aromatic carbocycles. The second-order valence-corrected chi connectivity index (χ2v) is 7.05. The number of likely N-dealkylation sites (tertiary alicyclic amines) is 1. The van der Waals surface area contributed by atoms with Gasteiger partial charge in [-0.05, 0) is 17.5 Å². The molecule has 1 saturated heterocycles. The van der Waals surface area contributed by atoms with E-state index in [9.17, 15) is 4.79 Å². The van der Waals surface area contributed by atoms with E-state index in [0.29, 0.717) is 36.2 Å². The number of carbonyl (C=O) groups excluding carboxylic acids is 1. The van der Waals surface area contributed by atoms with Crippen molar-refractivity contribution in [3.05, 3.63) is 53.8 Å². The molecule has 0 bridgehead atoms. The number of hydrogen-bond donors (Lipinski definition) is 1. The van der Waals surface area contributed by atoms with Crippen LogP contribution in [-0.4, -0.2) is 54.2 Å². The molecule has 1 aliphatic heterocycles. The molecule has 1 fully saturated rings. The summed E-state index contributed by atoms with van der Waals surface area (Å²) in [5, 5.41) is 13.0. The van der Waals surface area contributed by atoms with E-state index in [1.165, 1.54) is 0 Å². The number of thiophene rings is 1. The molecule has 1 aliphatic rings. The van der Waals surface area contributed by atoms with Crippen molar-refractivity contribution in [1.29, 1.82) is 0 Å². The second-order valence-electron chi connectivity index (χ2n) is 6.10. The van der Waals surface area contributed by atoms with Crippen LogP contribution >= 0.6 is 11.3 Å². The van der Waals surface area contributed by atoms with Crippen LogP contribution in [0.25, 0.3) is 22.1 Å². The zero-order chi connectivity index (χ0) is 18.2. The number of aromatic nitrogens is 6. The van der Waals surface area contributed by atoms with Crippen molar-refractivity contribution in [3.63, 3.8) is 0 Å². The topological polar surface area (TPSA) is 114 Å². The lowest BCUT2D eigenvalue weighted by Crippen LogP contribution is -2.48. The van der Waals surface area contributed by atoms with Gasteiger partial charge in [-0.3, -0.25) is 14.9 Å². The van der Waals surface area contributed by atoms with Crippen LogP contribution in [-0.2, 0) is 0 Å². The first-order valence-corrected chi connectivity index (χ1v) is 9.14. The molecule has 0 atom stereocenters. The number of nitrogens with zero attached hydrogens (tertiary/aromatic N) is 6. The van der Waals surface area contributed by atoms with Gasteiger partial charge in [-0.2, -0.15) is 10.1 Å². The predicted octanol–water partition coefficient (Wildman–Crippen LogP) is 2.22. The Hall–Kier alpha value is -3.40. The summed E-state index contributed by atoms with van der Waals surface area (Å²) in [6.07, 6.45) is 4.73. The zero-order valence-electron chi connectivity index (χ0n) is 13.9. The molecule has 1 amide bonds. The van der Waals surface area contributed by atoms with Crippen molar-refractivity contribution in [3.8, 4) is 22.1 Å². The van der Waals surface area contributed by atoms with E-state index in [1.54, 1.807) is 40.9 Å². The number of aromatic amines is 1. The van der Waals surface area contributed by atoms with Gasteiger partial charge in [0, 0.05) is 25.5 Å². The van der Waals surface area contributed by atoms with Crippen molar-refractivity contribution in [2.45, 2.75) is 5.92 Å². The number of carbonyl (C=O) groups is 1. The molecule has 0 radical (unpaired) electrons. The summed E-state index contributed by atoms with van der Waals surface area (Å²) < 4.78 is 5.32. The highest BCUT2D eigenvalue weighted by Crippen LogP contribution is 2.29. The molecule has 0 unspecified atom stereocenters. The van der Waals surface area contributed by atoms with Crippen molar-refractivity contribution in [2.24, 2.45) is 0 Å². The summed E-state index contributed by atoms with van der Waals surface area (Å²) >= 11 is 1.59. The van der Waals surface area contributed by atoms with E-state index in [1.807, 2.05) is 17.5 Å². The van der Waals surface area contributed by atoms with E-state index < -0.39 is 0 Å². The van der Waals surface area contributed by atoms with Crippen LogP contribution in [0, 0.1) is 0 Å². The first-order valence-electron chi connectivity index (χ1n) is 8.26. The molecular weight excluding hydrogens is 366 g/mol. The maximum atomic E-state index is 12.6. The van der Waals surface area contributed by atoms with Crippen LogP contribution in [0.3, 0.4) is 0 Å². The minimum atomic E-state index is -0.112. The SMILES string of the molecule is O=C(c1cc(-c2cccs2)[nH]n1)N1CC(c2nc(-c3cnccn3)no2)C1. The number of H-pyrrole nitrogens is 1. The largest absolute Gasteiger partial charge is 0.338 e. The molecule has 4 aromatic heterocycles. The average molecular weight is 379 g/mol. The summed E-state index contributed by atoms with van der Waals surface area (Å²) in [4.78, 5) is 27.8. The van der Waals surface area contributed by atoms with Gasteiger partial charge in [0.25, 0.3) is 5.91 Å². The number of nitrogens with one attached hydrogen (secondary N) is 1. The van der Waals surface area contributed by atoms with Crippen LogP contribution in [0.1, 0.15) is 22.3 Å². The van der Waals surface area contributed by atoms with Crippen LogP contribution < -0.4 is 0 Å². The molecular formula is C17H13N7O2S. The van der Waals surface area contributed by atoms with Crippen LogP contribution in [0.5, 0.6) is 0 Å². The van der Waals surface area contributed by atoms with Crippen molar-refractivity contribution < 1.29 is 9.32 Å². The molecule has 0 spiro atoms. The van der Waals surface area contributed by atoms with Gasteiger partial charge in [0.1, 0.15) is 5.69 Å². The summed E-state index contributed by atoms with van der Waals surface area (Å²) in [6, 6.07) is 5.72. The Morgan fingerprint density at radius 3 is 3.04 bits per heavy atom. The third-order valence-electron chi connectivity index (χ3n) is 4.34. The van der Waals surface area contributed by atoms with Gasteiger partial charge in [-0.25, -0.2) is 4.98 Å². The third-order valence-corrected chi connectivity index (χ3v) is 5.24. The van der Waals surface area contributed by atoms with Crippen LogP contribution in [0.4, 0.5) is 0 Å². The fourth-order valence-electron chi connectivity index (χ4n) is 2.87. The molecule has 5 heterocycles. The smallest absolute Gasteiger partial charge is 0.274 e. The van der Waals surface area contributed by atoms with Gasteiger partial charge in [0.2, 0.25) is 11.7 Å². The van der Waals surface area contributed by atoms with E-state index in [-0.39, 0.29) is 11.8 Å². The fourth-order valence-corrected chi connectivity index (χ4v) is 3.56. The Morgan fingerprint density at radius 2 is 2.26 bits per heavy atom. The quantitative estimate of drug-likeness (QED) is 0.578. The fraction of sp³-hybridized carbons (Fsp3) is 0.176. The molecule has 5 rings (SSSR count). The Morgan fingerprint density at radius 1 is 1.33 bits per heavy atom. The minimum absolute atomic E-state index is 0.0163. The van der Waals surface area contributed by atoms with Gasteiger partial charge in [0.15, 0.2) is 5.69 Å². The van der Waals surface area contributed by atoms with Crippen LogP contribution in [0.2, 0.25) is 0 Å². The maximum absolute atomic E-state index is 12.6. The first-order chi connectivity index (χ1) is 13.3. The molecule has 27 heavy (non-hydrogen) atoms. The molecule has 134 valence electrons.